The largest absolute Gasteiger partial charge is 0.481 e. The molecule has 4 saturated heterocycles. The van der Waals surface area contributed by atoms with E-state index in [0.29, 0.717) is 55.6 Å². The lowest BCUT2D eigenvalue weighted by Crippen LogP contribution is -2.61. The summed E-state index contributed by atoms with van der Waals surface area (Å²) in [4.78, 5) is 178. The average molecular weight is 1330 g/mol. The number of unbranched alkanes of at least 4 members (excludes halogenated alkanes) is 5. The number of hydrogen-bond acceptors (Lipinski definition) is 15. The van der Waals surface area contributed by atoms with Crippen molar-refractivity contribution >= 4 is 105 Å². The molecule has 4 aliphatic rings. The first-order chi connectivity index (χ1) is 44.8. The van der Waals surface area contributed by atoms with Gasteiger partial charge in [-0.15, -0.1) is 0 Å². The quantitative estimate of drug-likeness (QED) is 0.0901. The van der Waals surface area contributed by atoms with Gasteiger partial charge in [0.2, 0.25) is 65.0 Å². The maximum Gasteiger partial charge on any atom is 0.305 e. The van der Waals surface area contributed by atoms with Crippen molar-refractivity contribution in [2.75, 3.05) is 49.3 Å². The normalized spacial score (nSPS) is 26.2. The highest BCUT2D eigenvalue weighted by molar-refractivity contribution is 8.00. The summed E-state index contributed by atoms with van der Waals surface area (Å²) in [7, 11) is 0. The number of carbonyl (C=O) groups excluding carboxylic acids is 11. The van der Waals surface area contributed by atoms with Crippen molar-refractivity contribution < 1.29 is 72.1 Å². The maximum atomic E-state index is 14.9. The van der Waals surface area contributed by atoms with E-state index in [1.54, 1.807) is 12.3 Å². The van der Waals surface area contributed by atoms with Crippen molar-refractivity contribution in [2.45, 2.75) is 190 Å². The molecular weight excluding hydrogens is 1240 g/mol. The minimum absolute atomic E-state index is 0.00500. The highest BCUT2D eigenvalue weighted by Crippen LogP contribution is 2.24. The number of nitrogens with one attached hydrogen (secondary N) is 10. The van der Waals surface area contributed by atoms with Crippen molar-refractivity contribution in [3.8, 4) is 0 Å². The fraction of sp³-hybridized carbons (Fsp3) is 0.594. The Morgan fingerprint density at radius 3 is 1.75 bits per heavy atom. The molecule has 3 aromatic rings. The lowest BCUT2D eigenvalue weighted by molar-refractivity contribution is -0.146. The van der Waals surface area contributed by atoms with Gasteiger partial charge in [0, 0.05) is 67.5 Å². The van der Waals surface area contributed by atoms with Crippen LogP contribution in [0.4, 0.5) is 4.39 Å². The number of carboxylic acid groups (broad SMARTS) is 1. The number of nitrogens with zero attached hydrogens (tertiary/aromatic N) is 2. The molecule has 0 saturated carbocycles. The third kappa shape index (κ3) is 21.4. The highest BCUT2D eigenvalue weighted by atomic mass is 32.2. The Morgan fingerprint density at radius 1 is 0.559 bits per heavy atom. The molecular formula is C64H89FN12O14S2. The third-order valence-electron chi connectivity index (χ3n) is 17.0. The zero-order valence-corrected chi connectivity index (χ0v) is 54.4. The standard InChI is InChI=1S/C64H89FN12O14S2/c1-3-5-7-8-9-18-44-56(83)73-48(35-78)60(87)70-45(31-38-21-23-40(65)24-22-38)58(85)72-47(33-54(80)81)64(91)77-28-13-20-52(77)63(90)71-46(32-39-34-67-42-17-11-10-15-41(39)42)59(86)74-49-36-92-29-14-30-93-37-50(61(88)68-44)75-57(84)43(16-6-4-2)69-62(89)51-19-12-27-76(51)53(79)25-26-66-55(49)82/h10-11,15,17,21-24,34,43-52,67,78H,3-9,12-14,16,18-20,25-33,35-37H2,1-2H3,(H,66,82)(H,68,88)(H,69,89)(H,70,87)(H,71,90)(H,72,85)(H,73,83)(H,74,86)(H,75,84)(H,80,81)/t43-,44-,45-,46-,47-,48-,49+,50+,51-,52-/m0/s1. The second kappa shape index (κ2) is 36.6. The van der Waals surface area contributed by atoms with Gasteiger partial charge in [-0.2, -0.15) is 23.5 Å². The first-order valence-corrected chi connectivity index (χ1v) is 34.7. The van der Waals surface area contributed by atoms with Crippen molar-refractivity contribution in [1.29, 1.82) is 0 Å². The molecule has 26 nitrogen and oxygen atoms in total. The van der Waals surface area contributed by atoms with Crippen LogP contribution in [0.3, 0.4) is 0 Å². The second-order valence-corrected chi connectivity index (χ2v) is 26.3. The lowest BCUT2D eigenvalue weighted by atomic mass is 10.0. The molecule has 4 fully saturated rings. The molecule has 10 atom stereocenters. The average Bonchev–Trinajstić information content (AvgIpc) is 1.77. The Hall–Kier alpha value is -7.79. The molecule has 12 N–H and O–H groups in total. The van der Waals surface area contributed by atoms with Crippen LogP contribution in [-0.4, -0.2) is 206 Å². The van der Waals surface area contributed by atoms with Gasteiger partial charge in [0.05, 0.1) is 13.0 Å². The van der Waals surface area contributed by atoms with Crippen LogP contribution in [0.15, 0.2) is 54.7 Å². The Bertz CT molecular complexity index is 3120. The number of carbonyl (C=O) groups is 12. The van der Waals surface area contributed by atoms with E-state index < -0.39 is 157 Å². The summed E-state index contributed by atoms with van der Waals surface area (Å²) in [5, 5.41) is 46.0. The molecule has 4 aliphatic heterocycles. The van der Waals surface area contributed by atoms with Gasteiger partial charge >= 0.3 is 5.97 Å². The van der Waals surface area contributed by atoms with Gasteiger partial charge in [0.15, 0.2) is 0 Å². The molecule has 5 heterocycles. The SMILES string of the molecule is CCCCCCC[C@@H]1NC(=O)[C@H]2CSCCCSC[C@@H](NC(=O)[C@H](Cc3c[nH]c4ccccc34)NC(=O)[C@@H]3CCCN3C(=O)[C@H](CC(=O)O)NC(=O)[C@H](Cc3ccc(F)cc3)NC(=O)[C@H](CO)NC1=O)C(=O)NCCC(=O)N1CCC[C@H]1C(=O)N[C@@H](CCCC)C(=O)N2. The fourth-order valence-electron chi connectivity index (χ4n) is 11.9. The minimum Gasteiger partial charge on any atom is -0.481 e. The summed E-state index contributed by atoms with van der Waals surface area (Å²) in [5.74, 6) is -10.3. The fourth-order valence-corrected chi connectivity index (χ4v) is 14.0. The second-order valence-electron chi connectivity index (χ2n) is 24.0. The number of carboxylic acids is 1. The molecule has 0 spiro atoms. The Labute approximate surface area is 548 Å². The predicted octanol–water partition coefficient (Wildman–Crippen LogP) is 1.36. The van der Waals surface area contributed by atoms with Gasteiger partial charge in [-0.1, -0.05) is 89.1 Å². The summed E-state index contributed by atoms with van der Waals surface area (Å²) >= 11 is 2.63. The van der Waals surface area contributed by atoms with E-state index in [0.717, 1.165) is 47.2 Å². The molecule has 2 bridgehead atoms. The Balaban J connectivity index is 1.29. The van der Waals surface area contributed by atoms with E-state index in [2.05, 4.69) is 52.8 Å². The van der Waals surface area contributed by atoms with Gasteiger partial charge in [-0.25, -0.2) is 4.39 Å². The first kappa shape index (κ1) is 72.6. The summed E-state index contributed by atoms with van der Waals surface area (Å²) in [6, 6.07) is -2.04. The van der Waals surface area contributed by atoms with E-state index in [1.807, 2.05) is 32.0 Å². The molecule has 11 amide bonds. The molecule has 7 rings (SSSR count). The van der Waals surface area contributed by atoms with E-state index in [-0.39, 0.29) is 81.6 Å². The minimum atomic E-state index is -1.87. The number of hydrogen-bond donors (Lipinski definition) is 12. The Kier molecular flexibility index (Phi) is 28.6. The number of aliphatic hydroxyl groups excluding tert-OH is 1. The van der Waals surface area contributed by atoms with Crippen LogP contribution in [0, 0.1) is 5.82 Å². The summed E-state index contributed by atoms with van der Waals surface area (Å²) in [6.45, 7) is 2.84. The van der Waals surface area contributed by atoms with Crippen LogP contribution >= 0.6 is 23.5 Å². The van der Waals surface area contributed by atoms with Crippen LogP contribution < -0.4 is 47.9 Å². The number of amides is 11. The molecule has 93 heavy (non-hydrogen) atoms. The molecule has 1 aromatic heterocycles. The number of halogens is 1. The number of thioether (sulfide) groups is 2. The smallest absolute Gasteiger partial charge is 0.305 e. The van der Waals surface area contributed by atoms with Gasteiger partial charge in [0.1, 0.15) is 66.2 Å². The number of aliphatic hydroxyl groups is 1. The number of H-pyrrole nitrogens is 1. The lowest BCUT2D eigenvalue weighted by Gasteiger charge is -2.31. The summed E-state index contributed by atoms with van der Waals surface area (Å²) < 4.78 is 14.2. The van der Waals surface area contributed by atoms with Crippen molar-refractivity contribution in [2.24, 2.45) is 0 Å². The van der Waals surface area contributed by atoms with Crippen molar-refractivity contribution in [3.05, 3.63) is 71.7 Å². The Morgan fingerprint density at radius 2 is 1.09 bits per heavy atom. The number of rotatable bonds is 16. The monoisotopic (exact) mass is 1330 g/mol. The van der Waals surface area contributed by atoms with Gasteiger partial charge in [-0.3, -0.25) is 57.5 Å². The number of aliphatic carboxylic acids is 1. The van der Waals surface area contributed by atoms with Gasteiger partial charge in [-0.05, 0) is 85.8 Å². The number of fused-ring (bicyclic) bond motifs is 11. The zero-order chi connectivity index (χ0) is 67.0. The summed E-state index contributed by atoms with van der Waals surface area (Å²) in [5.41, 5.74) is 1.62. The predicted molar refractivity (Wildman–Crippen MR) is 346 cm³/mol. The van der Waals surface area contributed by atoms with E-state index in [9.17, 15) is 72.1 Å². The van der Waals surface area contributed by atoms with Gasteiger partial charge in [0.25, 0.3) is 0 Å². The van der Waals surface area contributed by atoms with E-state index in [4.69, 9.17) is 0 Å². The van der Waals surface area contributed by atoms with Crippen LogP contribution in [0.2, 0.25) is 0 Å². The van der Waals surface area contributed by atoms with Crippen LogP contribution in [0.1, 0.15) is 128 Å². The van der Waals surface area contributed by atoms with Crippen molar-refractivity contribution in [1.82, 2.24) is 62.6 Å². The van der Waals surface area contributed by atoms with Crippen molar-refractivity contribution in [3.63, 3.8) is 0 Å². The molecule has 508 valence electrons. The number of aromatic amines is 1. The van der Waals surface area contributed by atoms with Crippen LogP contribution in [0.25, 0.3) is 10.9 Å². The molecule has 0 radical (unpaired) electrons. The number of para-hydroxylation sites is 1. The molecule has 2 aromatic carbocycles. The van der Waals surface area contributed by atoms with Crippen LogP contribution in [0.5, 0.6) is 0 Å². The number of aromatic nitrogens is 1. The maximum absolute atomic E-state index is 14.9. The van der Waals surface area contributed by atoms with E-state index >= 15 is 0 Å². The third-order valence-corrected chi connectivity index (χ3v) is 19.3. The van der Waals surface area contributed by atoms with E-state index in [1.165, 1.54) is 40.6 Å². The highest BCUT2D eigenvalue weighted by Gasteiger charge is 2.42. The van der Waals surface area contributed by atoms with Crippen LogP contribution in [-0.2, 0) is 70.4 Å². The molecule has 0 aliphatic carbocycles. The number of benzene rings is 2. The van der Waals surface area contributed by atoms with Gasteiger partial charge < -0.3 is 72.8 Å². The summed E-state index contributed by atoms with van der Waals surface area (Å²) in [6.07, 6.45) is 6.44. The molecule has 0 unspecified atom stereocenters. The molecule has 29 heteroatoms. The first-order valence-electron chi connectivity index (χ1n) is 32.4. The zero-order valence-electron chi connectivity index (χ0n) is 52.7. The topological polar surface area (TPSA) is 376 Å².